The van der Waals surface area contributed by atoms with Crippen LogP contribution >= 0.6 is 27.7 Å². The van der Waals surface area contributed by atoms with Crippen molar-refractivity contribution < 1.29 is 9.90 Å². The van der Waals surface area contributed by atoms with E-state index in [1.165, 1.54) is 0 Å². The number of thioether (sulfide) groups is 1. The number of aliphatic carboxylic acids is 1. The predicted molar refractivity (Wildman–Crippen MR) is 76.8 cm³/mol. The van der Waals surface area contributed by atoms with Crippen LogP contribution in [-0.4, -0.2) is 21.9 Å². The Morgan fingerprint density at radius 1 is 1.56 bits per heavy atom. The van der Waals surface area contributed by atoms with Gasteiger partial charge in [0.2, 0.25) is 0 Å². The Morgan fingerprint density at radius 3 is 3.00 bits per heavy atom. The van der Waals surface area contributed by atoms with E-state index in [-0.39, 0.29) is 5.25 Å². The van der Waals surface area contributed by atoms with Crippen LogP contribution in [0.2, 0.25) is 0 Å². The zero-order chi connectivity index (χ0) is 13.2. The van der Waals surface area contributed by atoms with Gasteiger partial charge in [0.05, 0.1) is 0 Å². The van der Waals surface area contributed by atoms with Crippen molar-refractivity contribution in [1.82, 2.24) is 0 Å². The summed E-state index contributed by atoms with van der Waals surface area (Å²) in [5.41, 5.74) is 4.91. The lowest BCUT2D eigenvalue weighted by Gasteiger charge is -2.34. The van der Waals surface area contributed by atoms with Crippen LogP contribution in [-0.2, 0) is 4.79 Å². The normalized spacial score (nSPS) is 28.0. The Hall–Kier alpha value is -0.520. The second kappa shape index (κ2) is 5.63. The summed E-state index contributed by atoms with van der Waals surface area (Å²) in [5.74, 6) is -0.873. The topological polar surface area (TPSA) is 63.3 Å². The molecule has 1 fully saturated rings. The van der Waals surface area contributed by atoms with Crippen LogP contribution in [0.1, 0.15) is 25.7 Å². The standard InChI is InChI=1S/C13H16BrNO2S/c14-9-3-1-4-10(7-9)18-11-5-2-6-13(15,8-11)12(16)17/h1,3-4,7,11H,2,5-6,8,15H2,(H,16,17). The molecule has 0 aliphatic heterocycles. The summed E-state index contributed by atoms with van der Waals surface area (Å²) in [6.45, 7) is 0. The maximum absolute atomic E-state index is 11.2. The molecule has 2 unspecified atom stereocenters. The lowest BCUT2D eigenvalue weighted by atomic mass is 9.82. The van der Waals surface area contributed by atoms with E-state index in [2.05, 4.69) is 22.0 Å². The van der Waals surface area contributed by atoms with Crippen molar-refractivity contribution in [3.8, 4) is 0 Å². The van der Waals surface area contributed by atoms with E-state index < -0.39 is 11.5 Å². The highest BCUT2D eigenvalue weighted by atomic mass is 79.9. The molecule has 18 heavy (non-hydrogen) atoms. The minimum atomic E-state index is -1.04. The number of carboxylic acid groups (broad SMARTS) is 1. The Balaban J connectivity index is 2.04. The molecule has 0 amide bonds. The average Bonchev–Trinajstić information content (AvgIpc) is 2.29. The third-order valence-corrected chi connectivity index (χ3v) is 5.02. The van der Waals surface area contributed by atoms with Crippen molar-refractivity contribution in [3.05, 3.63) is 28.7 Å². The van der Waals surface area contributed by atoms with E-state index in [1.807, 2.05) is 18.2 Å². The van der Waals surface area contributed by atoms with Gasteiger partial charge in [-0.25, -0.2) is 0 Å². The van der Waals surface area contributed by atoms with Crippen LogP contribution in [0.4, 0.5) is 0 Å². The molecule has 0 heterocycles. The molecule has 0 spiro atoms. The van der Waals surface area contributed by atoms with Crippen molar-refractivity contribution in [2.45, 2.75) is 41.4 Å². The highest BCUT2D eigenvalue weighted by Gasteiger charge is 2.39. The van der Waals surface area contributed by atoms with Gasteiger partial charge in [-0.15, -0.1) is 11.8 Å². The van der Waals surface area contributed by atoms with Crippen LogP contribution in [0.15, 0.2) is 33.6 Å². The predicted octanol–water partition coefficient (Wildman–Crippen LogP) is 3.27. The molecule has 98 valence electrons. The zero-order valence-corrected chi connectivity index (χ0v) is 12.3. The smallest absolute Gasteiger partial charge is 0.323 e. The van der Waals surface area contributed by atoms with Gasteiger partial charge in [0.1, 0.15) is 5.54 Å². The molecule has 1 aliphatic carbocycles. The van der Waals surface area contributed by atoms with E-state index in [0.717, 1.165) is 22.2 Å². The van der Waals surface area contributed by atoms with E-state index in [1.54, 1.807) is 11.8 Å². The van der Waals surface area contributed by atoms with E-state index in [0.29, 0.717) is 12.8 Å². The fourth-order valence-electron chi connectivity index (χ4n) is 2.28. The summed E-state index contributed by atoms with van der Waals surface area (Å²) in [4.78, 5) is 12.3. The van der Waals surface area contributed by atoms with Gasteiger partial charge in [0.15, 0.2) is 0 Å². The number of rotatable bonds is 3. The molecule has 3 N–H and O–H groups in total. The fourth-order valence-corrected chi connectivity index (χ4v) is 4.24. The minimum Gasteiger partial charge on any atom is -0.480 e. The highest BCUT2D eigenvalue weighted by Crippen LogP contribution is 2.37. The van der Waals surface area contributed by atoms with Crippen molar-refractivity contribution >= 4 is 33.7 Å². The number of halogens is 1. The van der Waals surface area contributed by atoms with Crippen LogP contribution in [0.25, 0.3) is 0 Å². The second-order valence-electron chi connectivity index (χ2n) is 4.75. The third-order valence-electron chi connectivity index (χ3n) is 3.27. The molecular formula is C13H16BrNO2S. The number of nitrogens with two attached hydrogens (primary N) is 1. The zero-order valence-electron chi connectivity index (χ0n) is 9.93. The maximum Gasteiger partial charge on any atom is 0.323 e. The average molecular weight is 330 g/mol. The Kier molecular flexibility index (Phi) is 4.35. The summed E-state index contributed by atoms with van der Waals surface area (Å²) in [6, 6.07) is 8.07. The van der Waals surface area contributed by atoms with Crippen LogP contribution < -0.4 is 5.73 Å². The molecule has 5 heteroatoms. The lowest BCUT2D eigenvalue weighted by molar-refractivity contribution is -0.144. The van der Waals surface area contributed by atoms with Crippen LogP contribution in [0, 0.1) is 0 Å². The van der Waals surface area contributed by atoms with Crippen molar-refractivity contribution in [3.63, 3.8) is 0 Å². The first kappa shape index (κ1) is 13.9. The van der Waals surface area contributed by atoms with Gasteiger partial charge in [0, 0.05) is 14.6 Å². The monoisotopic (exact) mass is 329 g/mol. The van der Waals surface area contributed by atoms with Gasteiger partial charge in [0.25, 0.3) is 0 Å². The number of benzene rings is 1. The molecular weight excluding hydrogens is 314 g/mol. The van der Waals surface area contributed by atoms with Gasteiger partial charge < -0.3 is 10.8 Å². The van der Waals surface area contributed by atoms with Gasteiger partial charge in [-0.2, -0.15) is 0 Å². The Morgan fingerprint density at radius 2 is 2.33 bits per heavy atom. The number of carboxylic acids is 1. The van der Waals surface area contributed by atoms with Crippen molar-refractivity contribution in [2.75, 3.05) is 0 Å². The summed E-state index contributed by atoms with van der Waals surface area (Å²) < 4.78 is 1.04. The molecule has 0 saturated heterocycles. The number of carbonyl (C=O) groups is 1. The largest absolute Gasteiger partial charge is 0.480 e. The Bertz CT molecular complexity index is 454. The first-order chi connectivity index (χ1) is 8.49. The van der Waals surface area contributed by atoms with E-state index in [9.17, 15) is 9.90 Å². The highest BCUT2D eigenvalue weighted by molar-refractivity contribution is 9.10. The second-order valence-corrected chi connectivity index (χ2v) is 7.04. The first-order valence-electron chi connectivity index (χ1n) is 5.94. The SMILES string of the molecule is NC1(C(=O)O)CCCC(Sc2cccc(Br)c2)C1. The van der Waals surface area contributed by atoms with E-state index in [4.69, 9.17) is 5.73 Å². The molecule has 1 saturated carbocycles. The number of hydrogen-bond acceptors (Lipinski definition) is 3. The summed E-state index contributed by atoms with van der Waals surface area (Å²) in [5, 5.41) is 9.47. The quantitative estimate of drug-likeness (QED) is 0.893. The molecule has 1 aliphatic rings. The molecule has 0 aromatic heterocycles. The van der Waals surface area contributed by atoms with Crippen LogP contribution in [0.3, 0.4) is 0 Å². The van der Waals surface area contributed by atoms with Gasteiger partial charge in [-0.3, -0.25) is 4.79 Å². The minimum absolute atomic E-state index is 0.286. The molecule has 1 aromatic carbocycles. The van der Waals surface area contributed by atoms with E-state index >= 15 is 0 Å². The number of hydrogen-bond donors (Lipinski definition) is 2. The summed E-state index contributed by atoms with van der Waals surface area (Å²) >= 11 is 5.17. The molecule has 0 bridgehead atoms. The van der Waals surface area contributed by atoms with Crippen molar-refractivity contribution in [2.24, 2.45) is 5.73 Å². The van der Waals surface area contributed by atoms with Gasteiger partial charge >= 0.3 is 5.97 Å². The van der Waals surface area contributed by atoms with Gasteiger partial charge in [-0.1, -0.05) is 22.0 Å². The molecule has 3 nitrogen and oxygen atoms in total. The third kappa shape index (κ3) is 3.28. The Labute approximate surface area is 119 Å². The van der Waals surface area contributed by atoms with Crippen molar-refractivity contribution in [1.29, 1.82) is 0 Å². The summed E-state index contributed by atoms with van der Waals surface area (Å²) in [6.07, 6.45) is 3.04. The molecule has 0 radical (unpaired) electrons. The maximum atomic E-state index is 11.2. The molecule has 2 atom stereocenters. The van der Waals surface area contributed by atoms with Gasteiger partial charge in [-0.05, 0) is 43.9 Å². The van der Waals surface area contributed by atoms with Crippen LogP contribution in [0.5, 0.6) is 0 Å². The first-order valence-corrected chi connectivity index (χ1v) is 7.61. The fraction of sp³-hybridized carbons (Fsp3) is 0.462. The molecule has 2 rings (SSSR count). The molecule has 1 aromatic rings. The summed E-state index contributed by atoms with van der Waals surface area (Å²) in [7, 11) is 0. The lowest BCUT2D eigenvalue weighted by Crippen LogP contribution is -2.51.